The molecule has 0 radical (unpaired) electrons. The summed E-state index contributed by atoms with van der Waals surface area (Å²) < 4.78 is 5.42. The number of non-ortho nitro benzene ring substituents is 1. The molecule has 0 heterocycles. The summed E-state index contributed by atoms with van der Waals surface area (Å²) in [4.78, 5) is 10.4. The molecule has 1 atom stereocenters. The predicted octanol–water partition coefficient (Wildman–Crippen LogP) is 2.14. The largest absolute Gasteiger partial charge is 0.493 e. The number of hydrogen-bond acceptors (Lipinski definition) is 5. The minimum atomic E-state index is -0.435. The Morgan fingerprint density at radius 2 is 2.22 bits per heavy atom. The molecule has 1 aromatic rings. The standard InChI is InChI=1S/C12H19N3O3/c1-3-4-18-12-6-10(14-8-9(2)13)5-11(7-12)15(16)17/h5-7,9,14H,3-4,8,13H2,1-2H3. The fourth-order valence-electron chi connectivity index (χ4n) is 1.37. The third-order valence-corrected chi connectivity index (χ3v) is 2.20. The van der Waals surface area contributed by atoms with E-state index in [-0.39, 0.29) is 11.7 Å². The maximum absolute atomic E-state index is 10.8. The van der Waals surface area contributed by atoms with Crippen LogP contribution in [0, 0.1) is 10.1 Å². The molecule has 1 unspecified atom stereocenters. The number of anilines is 1. The van der Waals surface area contributed by atoms with Crippen molar-refractivity contribution in [2.45, 2.75) is 26.3 Å². The van der Waals surface area contributed by atoms with Crippen LogP contribution in [0.25, 0.3) is 0 Å². The summed E-state index contributed by atoms with van der Waals surface area (Å²) in [5, 5.41) is 13.9. The van der Waals surface area contributed by atoms with Gasteiger partial charge in [0.05, 0.1) is 17.6 Å². The summed E-state index contributed by atoms with van der Waals surface area (Å²) in [6, 6.07) is 4.61. The molecular formula is C12H19N3O3. The number of benzene rings is 1. The van der Waals surface area contributed by atoms with Crippen LogP contribution in [-0.4, -0.2) is 24.1 Å². The smallest absolute Gasteiger partial charge is 0.275 e. The van der Waals surface area contributed by atoms with Crippen LogP contribution in [0.3, 0.4) is 0 Å². The molecule has 0 amide bonds. The van der Waals surface area contributed by atoms with Crippen molar-refractivity contribution in [2.24, 2.45) is 5.73 Å². The van der Waals surface area contributed by atoms with E-state index in [9.17, 15) is 10.1 Å². The zero-order valence-corrected chi connectivity index (χ0v) is 10.7. The van der Waals surface area contributed by atoms with Crippen molar-refractivity contribution in [3.8, 4) is 5.75 Å². The fraction of sp³-hybridized carbons (Fsp3) is 0.500. The third-order valence-electron chi connectivity index (χ3n) is 2.20. The van der Waals surface area contributed by atoms with Crippen LogP contribution in [-0.2, 0) is 0 Å². The molecule has 3 N–H and O–H groups in total. The Kier molecular flexibility index (Phi) is 5.38. The number of nitrogens with zero attached hydrogens (tertiary/aromatic N) is 1. The lowest BCUT2D eigenvalue weighted by Gasteiger charge is -2.11. The highest BCUT2D eigenvalue weighted by atomic mass is 16.6. The Labute approximate surface area is 106 Å². The molecule has 0 spiro atoms. The third kappa shape index (κ3) is 4.58. The second kappa shape index (κ2) is 6.80. The molecule has 0 aromatic heterocycles. The Hall–Kier alpha value is -1.82. The monoisotopic (exact) mass is 253 g/mol. The summed E-state index contributed by atoms with van der Waals surface area (Å²) >= 11 is 0. The SMILES string of the molecule is CCCOc1cc(NCC(C)N)cc([N+](=O)[O-])c1. The lowest BCUT2D eigenvalue weighted by atomic mass is 10.2. The van der Waals surface area contributed by atoms with Crippen molar-refractivity contribution in [1.82, 2.24) is 0 Å². The van der Waals surface area contributed by atoms with Crippen molar-refractivity contribution in [3.05, 3.63) is 28.3 Å². The van der Waals surface area contributed by atoms with Gasteiger partial charge in [-0.05, 0) is 13.3 Å². The molecule has 100 valence electrons. The Bertz CT molecular complexity index is 408. The molecule has 0 aliphatic heterocycles. The first kappa shape index (κ1) is 14.2. The average molecular weight is 253 g/mol. The first-order chi connectivity index (χ1) is 8.52. The Morgan fingerprint density at radius 1 is 1.50 bits per heavy atom. The van der Waals surface area contributed by atoms with Gasteiger partial charge in [0.25, 0.3) is 5.69 Å². The van der Waals surface area contributed by atoms with Gasteiger partial charge in [0.1, 0.15) is 5.75 Å². The van der Waals surface area contributed by atoms with Gasteiger partial charge in [-0.15, -0.1) is 0 Å². The normalized spacial score (nSPS) is 11.9. The highest BCUT2D eigenvalue weighted by Gasteiger charge is 2.10. The lowest BCUT2D eigenvalue weighted by molar-refractivity contribution is -0.384. The second-order valence-electron chi connectivity index (χ2n) is 4.18. The van der Waals surface area contributed by atoms with Crippen molar-refractivity contribution in [2.75, 3.05) is 18.5 Å². The number of nitro benzene ring substituents is 1. The van der Waals surface area contributed by atoms with Gasteiger partial charge < -0.3 is 15.8 Å². The number of rotatable bonds is 7. The van der Waals surface area contributed by atoms with Gasteiger partial charge in [-0.3, -0.25) is 10.1 Å². The van der Waals surface area contributed by atoms with E-state index in [1.54, 1.807) is 6.07 Å². The van der Waals surface area contributed by atoms with Gasteiger partial charge in [0.2, 0.25) is 0 Å². The number of nitrogens with one attached hydrogen (secondary N) is 1. The second-order valence-corrected chi connectivity index (χ2v) is 4.18. The quantitative estimate of drug-likeness (QED) is 0.574. The molecule has 0 saturated heterocycles. The molecule has 0 aliphatic carbocycles. The molecule has 1 aromatic carbocycles. The molecule has 18 heavy (non-hydrogen) atoms. The van der Waals surface area contributed by atoms with Crippen LogP contribution in [0.4, 0.5) is 11.4 Å². The Balaban J connectivity index is 2.87. The molecular weight excluding hydrogens is 234 g/mol. The number of hydrogen-bond donors (Lipinski definition) is 2. The van der Waals surface area contributed by atoms with Gasteiger partial charge in [0.15, 0.2) is 0 Å². The minimum Gasteiger partial charge on any atom is -0.493 e. The van der Waals surface area contributed by atoms with Gasteiger partial charge in [-0.25, -0.2) is 0 Å². The van der Waals surface area contributed by atoms with Gasteiger partial charge >= 0.3 is 0 Å². The van der Waals surface area contributed by atoms with E-state index < -0.39 is 4.92 Å². The first-order valence-corrected chi connectivity index (χ1v) is 5.94. The zero-order valence-electron chi connectivity index (χ0n) is 10.7. The molecule has 1 rings (SSSR count). The number of ether oxygens (including phenoxy) is 1. The highest BCUT2D eigenvalue weighted by Crippen LogP contribution is 2.26. The summed E-state index contributed by atoms with van der Waals surface area (Å²) in [7, 11) is 0. The molecule has 0 bridgehead atoms. The fourth-order valence-corrected chi connectivity index (χ4v) is 1.37. The molecule has 6 heteroatoms. The first-order valence-electron chi connectivity index (χ1n) is 5.94. The summed E-state index contributed by atoms with van der Waals surface area (Å²) in [5.41, 5.74) is 6.28. The van der Waals surface area contributed by atoms with E-state index in [1.807, 2.05) is 13.8 Å². The minimum absolute atomic E-state index is 0.00998. The van der Waals surface area contributed by atoms with E-state index in [2.05, 4.69) is 5.32 Å². The molecule has 0 aliphatic rings. The average Bonchev–Trinajstić information content (AvgIpc) is 2.33. The molecule has 0 saturated carbocycles. The van der Waals surface area contributed by atoms with Crippen LogP contribution >= 0.6 is 0 Å². The highest BCUT2D eigenvalue weighted by molar-refractivity contribution is 5.56. The van der Waals surface area contributed by atoms with Crippen LogP contribution in [0.15, 0.2) is 18.2 Å². The lowest BCUT2D eigenvalue weighted by Crippen LogP contribution is -2.25. The van der Waals surface area contributed by atoms with Gasteiger partial charge in [-0.1, -0.05) is 6.92 Å². The van der Waals surface area contributed by atoms with Crippen molar-refractivity contribution < 1.29 is 9.66 Å². The maximum Gasteiger partial charge on any atom is 0.275 e. The van der Waals surface area contributed by atoms with Gasteiger partial charge in [0, 0.05) is 30.4 Å². The van der Waals surface area contributed by atoms with Crippen LogP contribution < -0.4 is 15.8 Å². The van der Waals surface area contributed by atoms with E-state index in [0.29, 0.717) is 24.6 Å². The maximum atomic E-state index is 10.8. The molecule has 0 fully saturated rings. The van der Waals surface area contributed by atoms with Crippen molar-refractivity contribution >= 4 is 11.4 Å². The predicted molar refractivity (Wildman–Crippen MR) is 71.0 cm³/mol. The Morgan fingerprint density at radius 3 is 2.78 bits per heavy atom. The van der Waals surface area contributed by atoms with Crippen LogP contribution in [0.2, 0.25) is 0 Å². The topological polar surface area (TPSA) is 90.4 Å². The van der Waals surface area contributed by atoms with E-state index in [4.69, 9.17) is 10.5 Å². The van der Waals surface area contributed by atoms with E-state index in [1.165, 1.54) is 12.1 Å². The van der Waals surface area contributed by atoms with Crippen LogP contribution in [0.5, 0.6) is 5.75 Å². The summed E-state index contributed by atoms with van der Waals surface area (Å²) in [6.07, 6.45) is 0.852. The summed E-state index contributed by atoms with van der Waals surface area (Å²) in [5.74, 6) is 0.498. The van der Waals surface area contributed by atoms with E-state index >= 15 is 0 Å². The molecule has 6 nitrogen and oxygen atoms in total. The van der Waals surface area contributed by atoms with E-state index in [0.717, 1.165) is 6.42 Å². The van der Waals surface area contributed by atoms with Gasteiger partial charge in [-0.2, -0.15) is 0 Å². The number of nitrogens with two attached hydrogens (primary N) is 1. The summed E-state index contributed by atoms with van der Waals surface area (Å²) in [6.45, 7) is 4.92. The number of nitro groups is 1. The zero-order chi connectivity index (χ0) is 13.5. The van der Waals surface area contributed by atoms with Crippen molar-refractivity contribution in [1.29, 1.82) is 0 Å². The van der Waals surface area contributed by atoms with Crippen LogP contribution in [0.1, 0.15) is 20.3 Å². The van der Waals surface area contributed by atoms with Crippen molar-refractivity contribution in [3.63, 3.8) is 0 Å².